The first-order valence-electron chi connectivity index (χ1n) is 8.03. The Balaban J connectivity index is 1.69. The van der Waals surface area contributed by atoms with Crippen molar-refractivity contribution in [1.82, 2.24) is 4.90 Å². The summed E-state index contributed by atoms with van der Waals surface area (Å²) < 4.78 is 17.7. The molecule has 2 rings (SSSR count). The number of nitrogens with zero attached hydrogens (tertiary/aromatic N) is 1. The van der Waals surface area contributed by atoms with Gasteiger partial charge in [0.05, 0.1) is 5.75 Å². The van der Waals surface area contributed by atoms with E-state index < -0.39 is 29.6 Å². The number of amides is 3. The molecule has 26 heavy (non-hydrogen) atoms. The topological polar surface area (TPSA) is 92.8 Å². The lowest BCUT2D eigenvalue weighted by Crippen LogP contribution is -2.36. The normalized spacial score (nSPS) is 14.8. The summed E-state index contributed by atoms with van der Waals surface area (Å²) in [6, 6.07) is 5.32. The molecule has 7 nitrogen and oxygen atoms in total. The van der Waals surface area contributed by atoms with Crippen molar-refractivity contribution in [3.05, 3.63) is 30.1 Å². The highest BCUT2D eigenvalue weighted by molar-refractivity contribution is 8.01. The van der Waals surface area contributed by atoms with Gasteiger partial charge in [0.25, 0.3) is 5.91 Å². The van der Waals surface area contributed by atoms with E-state index in [2.05, 4.69) is 5.32 Å². The molecule has 0 aliphatic carbocycles. The zero-order valence-corrected chi connectivity index (χ0v) is 15.0. The van der Waals surface area contributed by atoms with Gasteiger partial charge in [-0.2, -0.15) is 0 Å². The van der Waals surface area contributed by atoms with Crippen molar-refractivity contribution < 1.29 is 28.3 Å². The molecule has 1 aliphatic heterocycles. The molecule has 1 N–H and O–H groups in total. The van der Waals surface area contributed by atoms with Crippen molar-refractivity contribution in [1.29, 1.82) is 0 Å². The monoisotopic (exact) mass is 382 g/mol. The van der Waals surface area contributed by atoms with Gasteiger partial charge < -0.3 is 10.1 Å². The zero-order valence-electron chi connectivity index (χ0n) is 14.2. The minimum atomic E-state index is -0.656. The average Bonchev–Trinajstić information content (AvgIpc) is 3.05. The van der Waals surface area contributed by atoms with Crippen molar-refractivity contribution in [2.45, 2.75) is 25.0 Å². The molecule has 3 amide bonds. The Labute approximate surface area is 154 Å². The lowest BCUT2D eigenvalue weighted by Gasteiger charge is -2.15. The Morgan fingerprint density at radius 1 is 1.31 bits per heavy atom. The summed E-state index contributed by atoms with van der Waals surface area (Å²) in [5.41, 5.74) is 0.452. The van der Waals surface area contributed by atoms with E-state index >= 15 is 0 Å². The van der Waals surface area contributed by atoms with Crippen LogP contribution < -0.4 is 5.32 Å². The van der Waals surface area contributed by atoms with Gasteiger partial charge in [0.2, 0.25) is 11.8 Å². The second-order valence-corrected chi connectivity index (χ2v) is 6.99. The van der Waals surface area contributed by atoms with E-state index in [4.69, 9.17) is 4.74 Å². The van der Waals surface area contributed by atoms with Crippen LogP contribution in [-0.4, -0.2) is 52.7 Å². The Bertz CT molecular complexity index is 695. The van der Waals surface area contributed by atoms with Crippen LogP contribution in [0.25, 0.3) is 0 Å². The Kier molecular flexibility index (Phi) is 7.14. The molecule has 140 valence electrons. The van der Waals surface area contributed by atoms with Crippen molar-refractivity contribution in [3.8, 4) is 0 Å². The number of benzene rings is 1. The average molecular weight is 382 g/mol. The number of thioether (sulfide) groups is 1. The second-order valence-electron chi connectivity index (χ2n) is 5.66. The first-order valence-corrected chi connectivity index (χ1v) is 9.08. The van der Waals surface area contributed by atoms with Gasteiger partial charge in [-0.05, 0) is 37.6 Å². The molecule has 1 atom stereocenters. The van der Waals surface area contributed by atoms with Crippen molar-refractivity contribution in [2.24, 2.45) is 0 Å². The molecule has 0 unspecified atom stereocenters. The molecular weight excluding hydrogens is 363 g/mol. The van der Waals surface area contributed by atoms with Gasteiger partial charge in [0.1, 0.15) is 11.1 Å². The third-order valence-electron chi connectivity index (χ3n) is 3.64. The number of nitrogens with one attached hydrogen (secondary N) is 1. The Morgan fingerprint density at radius 3 is 2.62 bits per heavy atom. The fraction of sp³-hybridized carbons (Fsp3) is 0.412. The van der Waals surface area contributed by atoms with E-state index in [1.54, 1.807) is 6.92 Å². The third-order valence-corrected chi connectivity index (χ3v) is 4.76. The number of likely N-dealkylation sites (tertiary alicyclic amines) is 1. The van der Waals surface area contributed by atoms with E-state index in [9.17, 15) is 23.6 Å². The van der Waals surface area contributed by atoms with Gasteiger partial charge in [0, 0.05) is 18.7 Å². The van der Waals surface area contributed by atoms with Gasteiger partial charge in [-0.1, -0.05) is 0 Å². The molecule has 0 bridgehead atoms. The summed E-state index contributed by atoms with van der Waals surface area (Å²) >= 11 is 1.05. The highest BCUT2D eigenvalue weighted by atomic mass is 32.2. The Hall–Kier alpha value is -2.42. The lowest BCUT2D eigenvalue weighted by atomic mass is 10.3. The number of halogens is 1. The summed E-state index contributed by atoms with van der Waals surface area (Å²) in [5, 5.41) is 1.92. The molecule has 1 fully saturated rings. The van der Waals surface area contributed by atoms with Gasteiger partial charge in [-0.25, -0.2) is 4.39 Å². The summed E-state index contributed by atoms with van der Waals surface area (Å²) in [7, 11) is 0. The minimum Gasteiger partial charge on any atom is -0.455 e. The van der Waals surface area contributed by atoms with E-state index in [0.717, 1.165) is 16.7 Å². The molecular formula is C17H19FN2O5S. The van der Waals surface area contributed by atoms with Crippen LogP contribution in [0.15, 0.2) is 24.3 Å². The molecule has 0 radical (unpaired) electrons. The molecule has 0 saturated carbocycles. The zero-order chi connectivity index (χ0) is 19.1. The van der Waals surface area contributed by atoms with Crippen LogP contribution in [0.3, 0.4) is 0 Å². The fourth-order valence-electron chi connectivity index (χ4n) is 2.24. The number of hydrogen-bond acceptors (Lipinski definition) is 6. The van der Waals surface area contributed by atoms with E-state index in [-0.39, 0.29) is 17.6 Å². The molecule has 1 saturated heterocycles. The van der Waals surface area contributed by atoms with Crippen molar-refractivity contribution >= 4 is 41.1 Å². The predicted octanol–water partition coefficient (Wildman–Crippen LogP) is 1.58. The summed E-state index contributed by atoms with van der Waals surface area (Å²) in [5.74, 6) is -2.19. The smallest absolute Gasteiger partial charge is 0.319 e. The van der Waals surface area contributed by atoms with E-state index in [1.807, 2.05) is 0 Å². The van der Waals surface area contributed by atoms with Crippen LogP contribution in [0.1, 0.15) is 19.8 Å². The van der Waals surface area contributed by atoms with Crippen LogP contribution in [0.4, 0.5) is 10.1 Å². The molecule has 0 aromatic heterocycles. The highest BCUT2D eigenvalue weighted by Gasteiger charge is 2.27. The standard InChI is InChI=1S/C17H19FN2O5S/c1-11(17(24)25-9-16(23)20-8-2-3-15(20)22)26-10-14(21)19-13-6-4-12(18)5-7-13/h4-7,11H,2-3,8-10H2,1H3,(H,19,21)/t11-/m1/s1. The first-order chi connectivity index (χ1) is 12.4. The van der Waals surface area contributed by atoms with Crippen LogP contribution in [0.2, 0.25) is 0 Å². The van der Waals surface area contributed by atoms with Crippen LogP contribution >= 0.6 is 11.8 Å². The van der Waals surface area contributed by atoms with Crippen LogP contribution in [0.5, 0.6) is 0 Å². The predicted molar refractivity (Wildman–Crippen MR) is 93.9 cm³/mol. The second kappa shape index (κ2) is 9.33. The molecule has 1 aromatic rings. The van der Waals surface area contributed by atoms with E-state index in [0.29, 0.717) is 25.1 Å². The molecule has 1 heterocycles. The highest BCUT2D eigenvalue weighted by Crippen LogP contribution is 2.15. The number of carbonyl (C=O) groups excluding carboxylic acids is 4. The number of rotatable bonds is 7. The third kappa shape index (κ3) is 5.83. The molecule has 1 aromatic carbocycles. The SMILES string of the molecule is C[C@@H](SCC(=O)Nc1ccc(F)cc1)C(=O)OCC(=O)N1CCCC1=O. The maximum Gasteiger partial charge on any atom is 0.319 e. The number of carbonyl (C=O) groups is 4. The van der Waals surface area contributed by atoms with Gasteiger partial charge in [-0.15, -0.1) is 11.8 Å². The molecule has 0 spiro atoms. The van der Waals surface area contributed by atoms with Crippen LogP contribution in [-0.2, 0) is 23.9 Å². The number of imide groups is 1. The van der Waals surface area contributed by atoms with E-state index in [1.165, 1.54) is 24.3 Å². The summed E-state index contributed by atoms with van der Waals surface area (Å²) in [6.45, 7) is 1.42. The number of esters is 1. The van der Waals surface area contributed by atoms with Gasteiger partial charge >= 0.3 is 5.97 Å². The maximum atomic E-state index is 12.8. The number of anilines is 1. The fourth-order valence-corrected chi connectivity index (χ4v) is 2.92. The van der Waals surface area contributed by atoms with Crippen molar-refractivity contribution in [3.63, 3.8) is 0 Å². The molecule has 1 aliphatic rings. The summed E-state index contributed by atoms with van der Waals surface area (Å²) in [6.07, 6.45) is 0.947. The summed E-state index contributed by atoms with van der Waals surface area (Å²) in [4.78, 5) is 48.0. The number of ether oxygens (including phenoxy) is 1. The molecule has 9 heteroatoms. The quantitative estimate of drug-likeness (QED) is 0.720. The van der Waals surface area contributed by atoms with Crippen molar-refractivity contribution in [2.75, 3.05) is 24.2 Å². The Morgan fingerprint density at radius 2 is 2.00 bits per heavy atom. The lowest BCUT2D eigenvalue weighted by molar-refractivity contribution is -0.154. The van der Waals surface area contributed by atoms with Gasteiger partial charge in [0.15, 0.2) is 6.61 Å². The van der Waals surface area contributed by atoms with Crippen LogP contribution in [0, 0.1) is 5.82 Å². The first kappa shape index (κ1) is 19.9. The maximum absolute atomic E-state index is 12.8. The minimum absolute atomic E-state index is 0.00774. The largest absolute Gasteiger partial charge is 0.455 e. The van der Waals surface area contributed by atoms with Gasteiger partial charge in [-0.3, -0.25) is 24.1 Å². The number of hydrogen-bond donors (Lipinski definition) is 1.